The van der Waals surface area contributed by atoms with E-state index in [9.17, 15) is 18.9 Å². The summed E-state index contributed by atoms with van der Waals surface area (Å²) >= 11 is 0. The first-order valence-electron chi connectivity index (χ1n) is 6.00. The Morgan fingerprint density at radius 2 is 2.33 bits per heavy atom. The summed E-state index contributed by atoms with van der Waals surface area (Å²) in [5, 5.41) is 19.6. The van der Waals surface area contributed by atoms with Crippen molar-refractivity contribution in [1.29, 1.82) is 5.26 Å². The molecule has 2 rings (SSSR count). The Hall–Kier alpha value is -2.47. The molecular formula is C12H11F2N3O4. The molecule has 1 fully saturated rings. The average molecular weight is 299 g/mol. The van der Waals surface area contributed by atoms with Gasteiger partial charge in [0.1, 0.15) is 0 Å². The van der Waals surface area contributed by atoms with Crippen LogP contribution in [0.1, 0.15) is 0 Å². The fraction of sp³-hybridized carbons (Fsp3) is 0.417. The third-order valence-corrected chi connectivity index (χ3v) is 2.93. The zero-order valence-corrected chi connectivity index (χ0v) is 10.7. The van der Waals surface area contributed by atoms with Crippen LogP contribution in [0.3, 0.4) is 0 Å². The summed E-state index contributed by atoms with van der Waals surface area (Å²) in [6, 6.07) is 5.66. The van der Waals surface area contributed by atoms with E-state index in [0.717, 1.165) is 6.07 Å². The summed E-state index contributed by atoms with van der Waals surface area (Å²) < 4.78 is 34.0. The van der Waals surface area contributed by atoms with Crippen molar-refractivity contribution in [2.45, 2.75) is 12.7 Å². The molecule has 1 aliphatic heterocycles. The summed E-state index contributed by atoms with van der Waals surface area (Å²) in [5.74, 6) is -0.507. The number of hydrogen-bond donors (Lipinski definition) is 0. The smallest absolute Gasteiger partial charge is 0.387 e. The van der Waals surface area contributed by atoms with E-state index in [2.05, 4.69) is 4.74 Å². The van der Waals surface area contributed by atoms with Crippen molar-refractivity contribution in [2.24, 2.45) is 0 Å². The summed E-state index contributed by atoms with van der Waals surface area (Å²) in [4.78, 5) is 11.7. The molecule has 1 saturated heterocycles. The molecule has 0 aliphatic carbocycles. The fourth-order valence-electron chi connectivity index (χ4n) is 2.00. The fourth-order valence-corrected chi connectivity index (χ4v) is 2.00. The number of nitro groups is 1. The highest BCUT2D eigenvalue weighted by Gasteiger charge is 2.24. The van der Waals surface area contributed by atoms with Crippen molar-refractivity contribution < 1.29 is 23.2 Å². The number of halogens is 2. The second kappa shape index (κ2) is 6.32. The molecule has 1 heterocycles. The molecule has 1 aliphatic rings. The van der Waals surface area contributed by atoms with Gasteiger partial charge < -0.3 is 14.4 Å². The SMILES string of the molecule is N#CC1CN(c2ccc([N+](=O)[O-])c(OC(F)F)c2)CCO1. The largest absolute Gasteiger partial charge is 0.427 e. The van der Waals surface area contributed by atoms with Gasteiger partial charge in [-0.05, 0) is 6.07 Å². The summed E-state index contributed by atoms with van der Waals surface area (Å²) in [5.41, 5.74) is -0.0797. The Labute approximate surface area is 118 Å². The van der Waals surface area contributed by atoms with E-state index in [1.54, 1.807) is 4.90 Å². The maximum absolute atomic E-state index is 12.3. The highest BCUT2D eigenvalue weighted by atomic mass is 19.3. The van der Waals surface area contributed by atoms with Gasteiger partial charge >= 0.3 is 12.3 Å². The van der Waals surface area contributed by atoms with E-state index in [4.69, 9.17) is 10.00 Å². The Bertz CT molecular complexity index is 576. The van der Waals surface area contributed by atoms with Gasteiger partial charge in [-0.15, -0.1) is 0 Å². The minimum absolute atomic E-state index is 0.252. The highest BCUT2D eigenvalue weighted by Crippen LogP contribution is 2.33. The van der Waals surface area contributed by atoms with Gasteiger partial charge in [-0.2, -0.15) is 14.0 Å². The van der Waals surface area contributed by atoms with E-state index in [1.807, 2.05) is 6.07 Å². The van der Waals surface area contributed by atoms with Crippen LogP contribution in [0.15, 0.2) is 18.2 Å². The number of nitro benzene ring substituents is 1. The van der Waals surface area contributed by atoms with Gasteiger partial charge in [-0.3, -0.25) is 10.1 Å². The minimum atomic E-state index is -3.16. The number of benzene rings is 1. The van der Waals surface area contributed by atoms with E-state index >= 15 is 0 Å². The van der Waals surface area contributed by atoms with E-state index in [0.29, 0.717) is 18.8 Å². The van der Waals surface area contributed by atoms with Crippen LogP contribution in [-0.2, 0) is 4.74 Å². The van der Waals surface area contributed by atoms with Gasteiger partial charge in [0.2, 0.25) is 5.75 Å². The maximum Gasteiger partial charge on any atom is 0.387 e. The van der Waals surface area contributed by atoms with Crippen molar-refractivity contribution in [3.8, 4) is 11.8 Å². The zero-order valence-electron chi connectivity index (χ0n) is 10.7. The predicted octanol–water partition coefficient (Wildman–Crippen LogP) is 1.92. The van der Waals surface area contributed by atoms with Crippen LogP contribution in [0.4, 0.5) is 20.2 Å². The number of nitriles is 1. The zero-order chi connectivity index (χ0) is 15.4. The molecule has 1 unspecified atom stereocenters. The van der Waals surface area contributed by atoms with E-state index in [1.165, 1.54) is 12.1 Å². The molecule has 1 aromatic carbocycles. The van der Waals surface area contributed by atoms with Gasteiger partial charge in [0.25, 0.3) is 0 Å². The van der Waals surface area contributed by atoms with Crippen LogP contribution in [0.2, 0.25) is 0 Å². The molecule has 0 spiro atoms. The number of hydrogen-bond acceptors (Lipinski definition) is 6. The third-order valence-electron chi connectivity index (χ3n) is 2.93. The first-order chi connectivity index (χ1) is 10.0. The highest BCUT2D eigenvalue weighted by molar-refractivity contribution is 5.59. The summed E-state index contributed by atoms with van der Waals surface area (Å²) in [7, 11) is 0. The van der Waals surface area contributed by atoms with Crippen molar-refractivity contribution >= 4 is 11.4 Å². The Balaban J connectivity index is 2.28. The lowest BCUT2D eigenvalue weighted by atomic mass is 10.2. The van der Waals surface area contributed by atoms with Gasteiger partial charge in [0, 0.05) is 24.4 Å². The van der Waals surface area contributed by atoms with Gasteiger partial charge in [0.15, 0.2) is 6.10 Å². The second-order valence-corrected chi connectivity index (χ2v) is 4.22. The average Bonchev–Trinajstić information content (AvgIpc) is 2.46. The third kappa shape index (κ3) is 3.55. The normalized spacial score (nSPS) is 18.4. The van der Waals surface area contributed by atoms with Gasteiger partial charge in [0.05, 0.1) is 24.1 Å². The molecule has 7 nitrogen and oxygen atoms in total. The molecule has 21 heavy (non-hydrogen) atoms. The molecule has 9 heteroatoms. The molecule has 0 bridgehead atoms. The van der Waals surface area contributed by atoms with E-state index < -0.39 is 29.1 Å². The lowest BCUT2D eigenvalue weighted by Crippen LogP contribution is -2.41. The van der Waals surface area contributed by atoms with Crippen LogP contribution in [0, 0.1) is 21.4 Å². The first-order valence-corrected chi connectivity index (χ1v) is 6.00. The molecule has 0 aromatic heterocycles. The Morgan fingerprint density at radius 1 is 1.57 bits per heavy atom. The second-order valence-electron chi connectivity index (χ2n) is 4.22. The lowest BCUT2D eigenvalue weighted by Gasteiger charge is -2.31. The molecular weight excluding hydrogens is 288 g/mol. The van der Waals surface area contributed by atoms with E-state index in [-0.39, 0.29) is 6.54 Å². The molecule has 112 valence electrons. The van der Waals surface area contributed by atoms with Crippen LogP contribution >= 0.6 is 0 Å². The molecule has 0 radical (unpaired) electrons. The standard InChI is InChI=1S/C12H11F2N3O4/c13-12(14)21-11-5-8(1-2-10(11)17(18)19)16-3-4-20-9(6-15)7-16/h1-2,5,9,12H,3-4,7H2. The van der Waals surface area contributed by atoms with Crippen LogP contribution in [-0.4, -0.2) is 37.3 Å². The van der Waals surface area contributed by atoms with Crippen LogP contribution in [0.5, 0.6) is 5.75 Å². The van der Waals surface area contributed by atoms with Gasteiger partial charge in [-0.1, -0.05) is 0 Å². The van der Waals surface area contributed by atoms with Crippen molar-refractivity contribution in [2.75, 3.05) is 24.6 Å². The summed E-state index contributed by atoms with van der Waals surface area (Å²) in [6.07, 6.45) is -0.631. The molecule has 0 amide bonds. The number of morpholine rings is 1. The lowest BCUT2D eigenvalue weighted by molar-refractivity contribution is -0.386. The summed E-state index contributed by atoms with van der Waals surface area (Å²) in [6.45, 7) is -2.15. The number of anilines is 1. The van der Waals surface area contributed by atoms with Crippen molar-refractivity contribution in [3.05, 3.63) is 28.3 Å². The predicted molar refractivity (Wildman–Crippen MR) is 67.3 cm³/mol. The van der Waals surface area contributed by atoms with Gasteiger partial charge in [-0.25, -0.2) is 0 Å². The molecule has 1 aromatic rings. The molecule has 1 atom stereocenters. The Morgan fingerprint density at radius 3 is 2.95 bits per heavy atom. The van der Waals surface area contributed by atoms with Crippen molar-refractivity contribution in [3.63, 3.8) is 0 Å². The molecule has 0 saturated carbocycles. The Kier molecular flexibility index (Phi) is 4.49. The minimum Gasteiger partial charge on any atom is -0.427 e. The number of rotatable bonds is 4. The van der Waals surface area contributed by atoms with Crippen LogP contribution in [0.25, 0.3) is 0 Å². The number of nitrogens with zero attached hydrogens (tertiary/aromatic N) is 3. The number of ether oxygens (including phenoxy) is 2. The number of alkyl halides is 2. The van der Waals surface area contributed by atoms with Crippen LogP contribution < -0.4 is 9.64 Å². The monoisotopic (exact) mass is 299 g/mol. The first kappa shape index (κ1) is 14.9. The maximum atomic E-state index is 12.3. The molecule has 0 N–H and O–H groups in total. The topological polar surface area (TPSA) is 88.6 Å². The quantitative estimate of drug-likeness (QED) is 0.623. The van der Waals surface area contributed by atoms with Crippen molar-refractivity contribution in [1.82, 2.24) is 0 Å².